The first-order valence-electron chi connectivity index (χ1n) is 9.53. The molecular formula is C21H22N4O2S2. The van der Waals surface area contributed by atoms with E-state index in [1.165, 1.54) is 23.1 Å². The number of aromatic amines is 1. The van der Waals surface area contributed by atoms with E-state index < -0.39 is 0 Å². The molecular weight excluding hydrogens is 404 g/mol. The Morgan fingerprint density at radius 1 is 1.21 bits per heavy atom. The number of nitrogens with zero attached hydrogens (tertiary/aromatic N) is 3. The highest BCUT2D eigenvalue weighted by Gasteiger charge is 2.17. The number of hydrogen-bond donors (Lipinski definition) is 1. The largest absolute Gasteiger partial charge is 0.309 e. The number of nitrogens with one attached hydrogen (secondary N) is 1. The Kier molecular flexibility index (Phi) is 5.31. The molecule has 0 saturated carbocycles. The van der Waals surface area contributed by atoms with E-state index in [0.29, 0.717) is 33.0 Å². The summed E-state index contributed by atoms with van der Waals surface area (Å²) in [5.74, 6) is 1.02. The van der Waals surface area contributed by atoms with Gasteiger partial charge in [0.15, 0.2) is 5.16 Å². The lowest BCUT2D eigenvalue weighted by Crippen LogP contribution is -2.26. The highest BCUT2D eigenvalue weighted by Crippen LogP contribution is 2.28. The number of hydrogen-bond acceptors (Lipinski definition) is 6. The first-order valence-corrected chi connectivity index (χ1v) is 11.3. The van der Waals surface area contributed by atoms with Gasteiger partial charge in [-0.1, -0.05) is 30.8 Å². The molecule has 4 aromatic rings. The molecule has 0 spiro atoms. The molecule has 3 heterocycles. The minimum atomic E-state index is -0.113. The molecule has 4 rings (SSSR count). The maximum atomic E-state index is 13.1. The van der Waals surface area contributed by atoms with Crippen molar-refractivity contribution in [1.29, 1.82) is 0 Å². The van der Waals surface area contributed by atoms with Crippen LogP contribution < -0.4 is 11.1 Å². The molecule has 6 nitrogen and oxygen atoms in total. The van der Waals surface area contributed by atoms with Gasteiger partial charge < -0.3 is 4.98 Å². The second-order valence-electron chi connectivity index (χ2n) is 7.11. The van der Waals surface area contributed by atoms with Gasteiger partial charge in [0.2, 0.25) is 0 Å². The van der Waals surface area contributed by atoms with Crippen molar-refractivity contribution in [3.8, 4) is 0 Å². The van der Waals surface area contributed by atoms with Crippen molar-refractivity contribution in [2.45, 2.75) is 51.1 Å². The fourth-order valence-corrected chi connectivity index (χ4v) is 5.32. The molecule has 8 heteroatoms. The number of aromatic nitrogens is 4. The lowest BCUT2D eigenvalue weighted by Gasteiger charge is -2.18. The predicted octanol–water partition coefficient (Wildman–Crippen LogP) is 4.57. The molecule has 1 unspecified atom stereocenters. The molecule has 0 radical (unpaired) electrons. The Balaban J connectivity index is 1.75. The Morgan fingerprint density at radius 2 is 1.97 bits per heavy atom. The second kappa shape index (κ2) is 7.76. The van der Waals surface area contributed by atoms with E-state index in [9.17, 15) is 9.59 Å². The summed E-state index contributed by atoms with van der Waals surface area (Å²) in [6, 6.07) is 7.43. The molecule has 0 saturated heterocycles. The lowest BCUT2D eigenvalue weighted by atomic mass is 10.2. The smallest absolute Gasteiger partial charge is 0.262 e. The maximum Gasteiger partial charge on any atom is 0.262 e. The number of thioether (sulfide) groups is 1. The molecule has 1 aromatic carbocycles. The Bertz CT molecular complexity index is 1340. The van der Waals surface area contributed by atoms with Gasteiger partial charge in [0.25, 0.3) is 11.1 Å². The molecule has 1 N–H and O–H groups in total. The Hall–Kier alpha value is -2.45. The van der Waals surface area contributed by atoms with Crippen molar-refractivity contribution >= 4 is 44.2 Å². The predicted molar refractivity (Wildman–Crippen MR) is 120 cm³/mol. The van der Waals surface area contributed by atoms with E-state index in [0.717, 1.165) is 21.7 Å². The van der Waals surface area contributed by atoms with Gasteiger partial charge in [0, 0.05) is 10.9 Å². The van der Waals surface area contributed by atoms with Crippen molar-refractivity contribution < 1.29 is 0 Å². The topological polar surface area (TPSA) is 80.6 Å². The van der Waals surface area contributed by atoms with E-state index in [4.69, 9.17) is 4.98 Å². The zero-order valence-electron chi connectivity index (χ0n) is 16.8. The van der Waals surface area contributed by atoms with Crippen molar-refractivity contribution in [2.24, 2.45) is 0 Å². The summed E-state index contributed by atoms with van der Waals surface area (Å²) in [5.41, 5.74) is 1.52. The quantitative estimate of drug-likeness (QED) is 0.373. The van der Waals surface area contributed by atoms with Gasteiger partial charge >= 0.3 is 0 Å². The van der Waals surface area contributed by atoms with Crippen LogP contribution in [0.15, 0.2) is 39.0 Å². The molecule has 0 bridgehead atoms. The van der Waals surface area contributed by atoms with E-state index in [-0.39, 0.29) is 17.2 Å². The highest BCUT2D eigenvalue weighted by atomic mass is 32.2. The standard InChI is InChI=1S/C21H22N4O2S2/c1-5-11(2)25-20(27)14-8-6-7-9-15(14)22-21(25)28-10-16-23-18(26)17-12(3)13(4)29-19(17)24-16/h6-9,11H,5,10H2,1-4H3,(H,23,24,26). The molecule has 0 aliphatic heterocycles. The summed E-state index contributed by atoms with van der Waals surface area (Å²) in [5, 5.41) is 1.93. The minimum absolute atomic E-state index is 0.0270. The van der Waals surface area contributed by atoms with Crippen LogP contribution in [-0.2, 0) is 5.75 Å². The molecule has 0 fully saturated rings. The van der Waals surface area contributed by atoms with Gasteiger partial charge in [-0.05, 0) is 44.9 Å². The summed E-state index contributed by atoms with van der Waals surface area (Å²) in [6.07, 6.45) is 0.822. The monoisotopic (exact) mass is 426 g/mol. The number of rotatable bonds is 5. The fraction of sp³-hybridized carbons (Fsp3) is 0.333. The molecule has 0 aliphatic rings. The SMILES string of the molecule is CCC(C)n1c(SCc2nc3sc(C)c(C)c3c(=O)[nH]2)nc2ccccc2c1=O. The molecule has 150 valence electrons. The van der Waals surface area contributed by atoms with Crippen LogP contribution in [0.25, 0.3) is 21.1 Å². The van der Waals surface area contributed by atoms with E-state index in [2.05, 4.69) is 16.9 Å². The Labute approximate surface area is 176 Å². The maximum absolute atomic E-state index is 13.1. The van der Waals surface area contributed by atoms with Crippen LogP contribution >= 0.6 is 23.1 Å². The zero-order valence-corrected chi connectivity index (χ0v) is 18.4. The van der Waals surface area contributed by atoms with Gasteiger partial charge in [-0.3, -0.25) is 14.2 Å². The van der Waals surface area contributed by atoms with Gasteiger partial charge in [-0.15, -0.1) is 11.3 Å². The van der Waals surface area contributed by atoms with Crippen LogP contribution in [0.5, 0.6) is 0 Å². The zero-order chi connectivity index (χ0) is 20.7. The molecule has 0 aliphatic carbocycles. The first kappa shape index (κ1) is 19.8. The Morgan fingerprint density at radius 3 is 2.72 bits per heavy atom. The van der Waals surface area contributed by atoms with E-state index >= 15 is 0 Å². The van der Waals surface area contributed by atoms with Crippen molar-refractivity contribution in [2.75, 3.05) is 0 Å². The average molecular weight is 427 g/mol. The van der Waals surface area contributed by atoms with Crippen LogP contribution in [-0.4, -0.2) is 19.5 Å². The summed E-state index contributed by atoms with van der Waals surface area (Å²) in [4.78, 5) is 39.7. The summed E-state index contributed by atoms with van der Waals surface area (Å²) >= 11 is 2.96. The number of aryl methyl sites for hydroxylation is 2. The van der Waals surface area contributed by atoms with Crippen LogP contribution in [0.2, 0.25) is 0 Å². The van der Waals surface area contributed by atoms with E-state index in [1.807, 2.05) is 45.0 Å². The van der Waals surface area contributed by atoms with Crippen LogP contribution in [0.3, 0.4) is 0 Å². The average Bonchev–Trinajstić information content (AvgIpc) is 3.00. The first-order chi connectivity index (χ1) is 13.9. The van der Waals surface area contributed by atoms with Crippen LogP contribution in [0.1, 0.15) is 42.6 Å². The lowest BCUT2D eigenvalue weighted by molar-refractivity contribution is 0.468. The van der Waals surface area contributed by atoms with Gasteiger partial charge in [0.05, 0.1) is 22.0 Å². The van der Waals surface area contributed by atoms with Gasteiger partial charge in [-0.25, -0.2) is 9.97 Å². The molecule has 29 heavy (non-hydrogen) atoms. The number of H-pyrrole nitrogens is 1. The number of fused-ring (bicyclic) bond motifs is 2. The van der Waals surface area contributed by atoms with Crippen molar-refractivity contribution in [3.05, 3.63) is 61.2 Å². The van der Waals surface area contributed by atoms with Crippen molar-refractivity contribution in [3.63, 3.8) is 0 Å². The summed E-state index contributed by atoms with van der Waals surface area (Å²) in [7, 11) is 0. The third-order valence-electron chi connectivity index (χ3n) is 5.23. The van der Waals surface area contributed by atoms with Crippen LogP contribution in [0, 0.1) is 13.8 Å². The fourth-order valence-electron chi connectivity index (χ4n) is 3.30. The molecule has 1 atom stereocenters. The highest BCUT2D eigenvalue weighted by molar-refractivity contribution is 7.98. The van der Waals surface area contributed by atoms with Gasteiger partial charge in [-0.2, -0.15) is 0 Å². The normalized spacial score (nSPS) is 12.7. The molecule has 3 aromatic heterocycles. The number of benzene rings is 1. The summed E-state index contributed by atoms with van der Waals surface area (Å²) in [6.45, 7) is 8.02. The number of para-hydroxylation sites is 1. The van der Waals surface area contributed by atoms with E-state index in [1.54, 1.807) is 4.57 Å². The number of thiophene rings is 1. The third kappa shape index (κ3) is 3.51. The molecule has 0 amide bonds. The second-order valence-corrected chi connectivity index (χ2v) is 9.25. The van der Waals surface area contributed by atoms with Crippen LogP contribution in [0.4, 0.5) is 0 Å². The third-order valence-corrected chi connectivity index (χ3v) is 7.30. The van der Waals surface area contributed by atoms with Crippen molar-refractivity contribution in [1.82, 2.24) is 19.5 Å². The summed E-state index contributed by atoms with van der Waals surface area (Å²) < 4.78 is 1.75. The minimum Gasteiger partial charge on any atom is -0.309 e. The van der Waals surface area contributed by atoms with Gasteiger partial charge in [0.1, 0.15) is 10.7 Å².